The molecule has 0 saturated carbocycles. The summed E-state index contributed by atoms with van der Waals surface area (Å²) >= 11 is 1.75. The first kappa shape index (κ1) is 12.1. The topological polar surface area (TPSA) is 16.1 Å². The Morgan fingerprint density at radius 2 is 1.89 bits per heavy atom. The van der Waals surface area contributed by atoms with E-state index in [1.54, 1.807) is 11.3 Å². The van der Waals surface area contributed by atoms with Crippen LogP contribution in [0.15, 0.2) is 35.7 Å². The lowest BCUT2D eigenvalue weighted by Crippen LogP contribution is -2.32. The first-order valence-corrected chi connectivity index (χ1v) is 7.79. The highest BCUT2D eigenvalue weighted by Crippen LogP contribution is 2.30. The van der Waals surface area contributed by atoms with Crippen molar-refractivity contribution in [2.75, 3.05) is 18.0 Å². The molecule has 1 aliphatic heterocycles. The molecular formula is C14H17N2PS. The minimum absolute atomic E-state index is 0.720. The van der Waals surface area contributed by atoms with E-state index in [2.05, 4.69) is 54.8 Å². The zero-order chi connectivity index (χ0) is 12.4. The largest absolute Gasteiger partial charge is 0.348 e. The van der Waals surface area contributed by atoms with Crippen molar-refractivity contribution in [3.8, 4) is 0 Å². The number of hydrogen-bond donors (Lipinski definition) is 0. The van der Waals surface area contributed by atoms with Crippen molar-refractivity contribution in [1.82, 2.24) is 4.98 Å². The quantitative estimate of drug-likeness (QED) is 0.784. The van der Waals surface area contributed by atoms with Gasteiger partial charge in [0.15, 0.2) is 5.13 Å². The van der Waals surface area contributed by atoms with Crippen molar-refractivity contribution in [3.05, 3.63) is 41.3 Å². The van der Waals surface area contributed by atoms with Crippen LogP contribution >= 0.6 is 20.6 Å². The van der Waals surface area contributed by atoms with Crippen LogP contribution in [0.5, 0.6) is 0 Å². The summed E-state index contributed by atoms with van der Waals surface area (Å²) < 4.78 is 0. The molecule has 0 radical (unpaired) electrons. The maximum absolute atomic E-state index is 4.54. The Morgan fingerprint density at radius 1 is 1.17 bits per heavy atom. The van der Waals surface area contributed by atoms with Gasteiger partial charge in [-0.2, -0.15) is 0 Å². The number of benzene rings is 1. The van der Waals surface area contributed by atoms with Gasteiger partial charge in [-0.1, -0.05) is 39.6 Å². The lowest BCUT2D eigenvalue weighted by atomic mass is 9.90. The van der Waals surface area contributed by atoms with Crippen molar-refractivity contribution in [2.45, 2.75) is 18.8 Å². The fourth-order valence-electron chi connectivity index (χ4n) is 2.55. The molecule has 1 atom stereocenters. The van der Waals surface area contributed by atoms with E-state index in [1.165, 1.54) is 23.5 Å². The molecule has 4 heteroatoms. The second-order valence-electron chi connectivity index (χ2n) is 4.73. The number of rotatable bonds is 2. The SMILES string of the molecule is Pc1csc(N2CCC(c3ccccc3)CC2)n1. The average Bonchev–Trinajstić information content (AvgIpc) is 2.87. The molecule has 0 bridgehead atoms. The summed E-state index contributed by atoms with van der Waals surface area (Å²) in [4.78, 5) is 6.95. The van der Waals surface area contributed by atoms with Gasteiger partial charge in [0.1, 0.15) is 0 Å². The summed E-state index contributed by atoms with van der Waals surface area (Å²) in [7, 11) is 2.67. The van der Waals surface area contributed by atoms with Gasteiger partial charge in [-0.15, -0.1) is 11.3 Å². The minimum atomic E-state index is 0.720. The summed E-state index contributed by atoms with van der Waals surface area (Å²) in [5.41, 5.74) is 2.54. The second kappa shape index (κ2) is 5.38. The number of aromatic nitrogens is 1. The molecule has 1 aromatic heterocycles. The molecule has 1 aromatic carbocycles. The van der Waals surface area contributed by atoms with Crippen molar-refractivity contribution >= 4 is 31.1 Å². The monoisotopic (exact) mass is 276 g/mol. The molecule has 0 aliphatic carbocycles. The maximum atomic E-state index is 4.54. The molecule has 1 saturated heterocycles. The summed E-state index contributed by atoms with van der Waals surface area (Å²) in [5.74, 6) is 0.720. The standard InChI is InChI=1S/C14H17N2PS/c17-13-10-18-14(15-13)16-8-6-12(7-9-16)11-4-2-1-3-5-11/h1-5,10,12H,6-9,17H2. The zero-order valence-corrected chi connectivity index (χ0v) is 12.2. The summed E-state index contributed by atoms with van der Waals surface area (Å²) in [5, 5.41) is 3.27. The third-order valence-corrected chi connectivity index (χ3v) is 5.00. The summed E-state index contributed by atoms with van der Waals surface area (Å²) in [6, 6.07) is 10.9. The Bertz CT molecular complexity index is 504. The van der Waals surface area contributed by atoms with E-state index in [-0.39, 0.29) is 0 Å². The van der Waals surface area contributed by atoms with Crippen LogP contribution in [0.4, 0.5) is 5.13 Å². The summed E-state index contributed by atoms with van der Waals surface area (Å²) in [6.07, 6.45) is 2.46. The van der Waals surface area contributed by atoms with Crippen molar-refractivity contribution in [3.63, 3.8) is 0 Å². The van der Waals surface area contributed by atoms with Crippen LogP contribution in [0.1, 0.15) is 24.3 Å². The molecule has 1 fully saturated rings. The van der Waals surface area contributed by atoms with Gasteiger partial charge in [-0.3, -0.25) is 0 Å². The number of nitrogens with zero attached hydrogens (tertiary/aromatic N) is 2. The highest BCUT2D eigenvalue weighted by atomic mass is 32.1. The Morgan fingerprint density at radius 3 is 2.50 bits per heavy atom. The summed E-state index contributed by atoms with van der Waals surface area (Å²) in [6.45, 7) is 2.24. The Balaban J connectivity index is 1.65. The molecule has 94 valence electrons. The Labute approximate surface area is 114 Å². The average molecular weight is 276 g/mol. The predicted molar refractivity (Wildman–Crippen MR) is 82.1 cm³/mol. The van der Waals surface area contributed by atoms with E-state index in [4.69, 9.17) is 0 Å². The van der Waals surface area contributed by atoms with E-state index in [1.807, 2.05) is 0 Å². The van der Waals surface area contributed by atoms with Crippen LogP contribution in [0.2, 0.25) is 0 Å². The second-order valence-corrected chi connectivity index (χ2v) is 6.16. The van der Waals surface area contributed by atoms with E-state index in [9.17, 15) is 0 Å². The minimum Gasteiger partial charge on any atom is -0.348 e. The highest BCUT2D eigenvalue weighted by molar-refractivity contribution is 7.29. The van der Waals surface area contributed by atoms with Gasteiger partial charge in [0.2, 0.25) is 0 Å². The molecule has 1 unspecified atom stereocenters. The molecule has 0 N–H and O–H groups in total. The number of piperidine rings is 1. The lowest BCUT2D eigenvalue weighted by molar-refractivity contribution is 0.505. The molecule has 0 spiro atoms. The van der Waals surface area contributed by atoms with E-state index >= 15 is 0 Å². The first-order valence-electron chi connectivity index (χ1n) is 6.34. The Hall–Kier alpha value is -0.920. The van der Waals surface area contributed by atoms with Gasteiger partial charge < -0.3 is 4.90 Å². The van der Waals surface area contributed by atoms with Gasteiger partial charge in [0.25, 0.3) is 0 Å². The van der Waals surface area contributed by atoms with Gasteiger partial charge in [0.05, 0.1) is 5.44 Å². The first-order chi connectivity index (χ1) is 8.83. The van der Waals surface area contributed by atoms with Crippen LogP contribution in [0, 0.1) is 0 Å². The number of thiazole rings is 1. The molecule has 3 rings (SSSR count). The van der Waals surface area contributed by atoms with Crippen molar-refractivity contribution in [2.24, 2.45) is 0 Å². The van der Waals surface area contributed by atoms with Crippen molar-refractivity contribution < 1.29 is 0 Å². The third-order valence-electron chi connectivity index (χ3n) is 3.55. The van der Waals surface area contributed by atoms with Crippen LogP contribution in [0.25, 0.3) is 0 Å². The van der Waals surface area contributed by atoms with Gasteiger partial charge >= 0.3 is 0 Å². The molecular weight excluding hydrogens is 259 g/mol. The van der Waals surface area contributed by atoms with Crippen LogP contribution in [0.3, 0.4) is 0 Å². The maximum Gasteiger partial charge on any atom is 0.185 e. The van der Waals surface area contributed by atoms with Crippen molar-refractivity contribution in [1.29, 1.82) is 0 Å². The predicted octanol–water partition coefficient (Wildman–Crippen LogP) is 3.03. The molecule has 0 amide bonds. The highest BCUT2D eigenvalue weighted by Gasteiger charge is 2.21. The molecule has 2 nitrogen and oxygen atoms in total. The molecule has 1 aliphatic rings. The zero-order valence-electron chi connectivity index (χ0n) is 10.2. The number of hydrogen-bond acceptors (Lipinski definition) is 3. The van der Waals surface area contributed by atoms with Gasteiger partial charge in [-0.05, 0) is 24.3 Å². The van der Waals surface area contributed by atoms with Crippen LogP contribution in [-0.2, 0) is 0 Å². The van der Waals surface area contributed by atoms with E-state index < -0.39 is 0 Å². The molecule has 2 heterocycles. The van der Waals surface area contributed by atoms with E-state index in [0.29, 0.717) is 0 Å². The molecule has 2 aromatic rings. The van der Waals surface area contributed by atoms with Crippen LogP contribution < -0.4 is 10.3 Å². The fraction of sp³-hybridized carbons (Fsp3) is 0.357. The fourth-order valence-corrected chi connectivity index (χ4v) is 3.74. The Kier molecular flexibility index (Phi) is 3.62. The van der Waals surface area contributed by atoms with Gasteiger partial charge in [-0.25, -0.2) is 4.98 Å². The normalized spacial score (nSPS) is 17.1. The smallest absolute Gasteiger partial charge is 0.185 e. The van der Waals surface area contributed by atoms with E-state index in [0.717, 1.165) is 24.4 Å². The lowest BCUT2D eigenvalue weighted by Gasteiger charge is -2.32. The van der Waals surface area contributed by atoms with Crippen LogP contribution in [-0.4, -0.2) is 18.1 Å². The third kappa shape index (κ3) is 2.57. The van der Waals surface area contributed by atoms with Gasteiger partial charge in [0, 0.05) is 18.5 Å². The molecule has 18 heavy (non-hydrogen) atoms. The number of anilines is 1.